The van der Waals surface area contributed by atoms with Crippen LogP contribution in [-0.2, 0) is 4.74 Å². The number of rotatable bonds is 7. The van der Waals surface area contributed by atoms with Crippen molar-refractivity contribution < 1.29 is 9.47 Å². The molecule has 106 valence electrons. The molecule has 0 amide bonds. The molecule has 0 bridgehead atoms. The lowest BCUT2D eigenvalue weighted by Crippen LogP contribution is -2.30. The van der Waals surface area contributed by atoms with Crippen LogP contribution >= 0.6 is 0 Å². The van der Waals surface area contributed by atoms with Gasteiger partial charge in [-0.1, -0.05) is 12.1 Å². The minimum absolute atomic E-state index is 0.128. The van der Waals surface area contributed by atoms with E-state index in [4.69, 9.17) is 9.47 Å². The van der Waals surface area contributed by atoms with E-state index < -0.39 is 0 Å². The van der Waals surface area contributed by atoms with E-state index in [0.29, 0.717) is 12.1 Å². The minimum atomic E-state index is -0.128. The second kappa shape index (κ2) is 5.93. The van der Waals surface area contributed by atoms with Gasteiger partial charge in [-0.3, -0.25) is 0 Å². The average Bonchev–Trinajstić information content (AvgIpc) is 3.21. The third kappa shape index (κ3) is 4.22. The van der Waals surface area contributed by atoms with Crippen molar-refractivity contribution in [2.24, 2.45) is 0 Å². The van der Waals surface area contributed by atoms with Crippen molar-refractivity contribution in [1.82, 2.24) is 5.32 Å². The number of nitrogens with one attached hydrogen (secondary N) is 1. The van der Waals surface area contributed by atoms with Crippen LogP contribution in [0.2, 0.25) is 0 Å². The molecular formula is C16H25NO2. The molecule has 1 aromatic rings. The fourth-order valence-electron chi connectivity index (χ4n) is 2.12. The monoisotopic (exact) mass is 263 g/mol. The van der Waals surface area contributed by atoms with Gasteiger partial charge in [0.1, 0.15) is 5.75 Å². The zero-order valence-corrected chi connectivity index (χ0v) is 12.4. The molecule has 0 radical (unpaired) electrons. The summed E-state index contributed by atoms with van der Waals surface area (Å²) in [5.74, 6) is 0.979. The molecule has 1 aliphatic carbocycles. The quantitative estimate of drug-likeness (QED) is 0.818. The van der Waals surface area contributed by atoms with Crippen LogP contribution in [0, 0.1) is 0 Å². The van der Waals surface area contributed by atoms with Gasteiger partial charge in [0.2, 0.25) is 0 Å². The summed E-state index contributed by atoms with van der Waals surface area (Å²) in [5, 5.41) is 3.36. The lowest BCUT2D eigenvalue weighted by Gasteiger charge is -2.28. The first-order valence-corrected chi connectivity index (χ1v) is 7.03. The zero-order valence-electron chi connectivity index (χ0n) is 12.4. The van der Waals surface area contributed by atoms with Crippen LogP contribution in [0.25, 0.3) is 0 Å². The third-order valence-corrected chi connectivity index (χ3v) is 3.71. The lowest BCUT2D eigenvalue weighted by atomic mass is 9.94. The fraction of sp³-hybridized carbons (Fsp3) is 0.625. The molecule has 1 fully saturated rings. The normalized spacial score (nSPS) is 17.3. The SMILES string of the molecule is CNC(CC(C)(C)OC)c1ccc(OC2CC2)cc1. The highest BCUT2D eigenvalue weighted by Crippen LogP contribution is 2.29. The van der Waals surface area contributed by atoms with Crippen LogP contribution < -0.4 is 10.1 Å². The van der Waals surface area contributed by atoms with Crippen molar-refractivity contribution in [3.05, 3.63) is 29.8 Å². The van der Waals surface area contributed by atoms with Crippen LogP contribution in [0.1, 0.15) is 44.7 Å². The molecule has 0 aliphatic heterocycles. The minimum Gasteiger partial charge on any atom is -0.490 e. The summed E-state index contributed by atoms with van der Waals surface area (Å²) in [6.07, 6.45) is 3.78. The zero-order chi connectivity index (χ0) is 13.9. The van der Waals surface area contributed by atoms with Crippen molar-refractivity contribution in [1.29, 1.82) is 0 Å². The van der Waals surface area contributed by atoms with E-state index in [0.717, 1.165) is 12.2 Å². The Kier molecular flexibility index (Phi) is 4.48. The smallest absolute Gasteiger partial charge is 0.119 e. The maximum atomic E-state index is 5.77. The predicted octanol–water partition coefficient (Wildman–Crippen LogP) is 3.30. The maximum Gasteiger partial charge on any atom is 0.119 e. The predicted molar refractivity (Wildman–Crippen MR) is 77.6 cm³/mol. The summed E-state index contributed by atoms with van der Waals surface area (Å²) in [4.78, 5) is 0. The van der Waals surface area contributed by atoms with Crippen LogP contribution in [0.4, 0.5) is 0 Å². The van der Waals surface area contributed by atoms with Crippen molar-refractivity contribution in [2.75, 3.05) is 14.2 Å². The Labute approximate surface area is 116 Å². The number of benzene rings is 1. The van der Waals surface area contributed by atoms with E-state index in [1.807, 2.05) is 7.05 Å². The van der Waals surface area contributed by atoms with Crippen LogP contribution in [0.3, 0.4) is 0 Å². The van der Waals surface area contributed by atoms with E-state index in [1.165, 1.54) is 18.4 Å². The molecule has 0 saturated heterocycles. The first-order valence-electron chi connectivity index (χ1n) is 7.03. The summed E-state index contributed by atoms with van der Waals surface area (Å²) in [5.41, 5.74) is 1.15. The molecule has 1 saturated carbocycles. The van der Waals surface area contributed by atoms with E-state index >= 15 is 0 Å². The molecule has 0 heterocycles. The summed E-state index contributed by atoms with van der Waals surface area (Å²) in [7, 11) is 3.75. The summed E-state index contributed by atoms with van der Waals surface area (Å²) >= 11 is 0. The van der Waals surface area contributed by atoms with Gasteiger partial charge in [-0.05, 0) is 57.9 Å². The standard InChI is InChI=1S/C16H25NO2/c1-16(2,18-4)11-15(17-3)12-5-7-13(8-6-12)19-14-9-10-14/h5-8,14-15,17H,9-11H2,1-4H3. The van der Waals surface area contributed by atoms with E-state index in [1.54, 1.807) is 7.11 Å². The van der Waals surface area contributed by atoms with Crippen LogP contribution in [-0.4, -0.2) is 25.9 Å². The van der Waals surface area contributed by atoms with E-state index in [9.17, 15) is 0 Å². The second-order valence-corrected chi connectivity index (χ2v) is 5.90. The Morgan fingerprint density at radius 1 is 1.26 bits per heavy atom. The molecule has 1 aliphatic rings. The molecule has 2 rings (SSSR count). The fourth-order valence-corrected chi connectivity index (χ4v) is 2.12. The molecule has 19 heavy (non-hydrogen) atoms. The molecule has 3 heteroatoms. The maximum absolute atomic E-state index is 5.77. The van der Waals surface area contributed by atoms with Crippen molar-refractivity contribution in [3.8, 4) is 5.75 Å². The average molecular weight is 263 g/mol. The van der Waals surface area contributed by atoms with Crippen molar-refractivity contribution in [2.45, 2.75) is 50.9 Å². The molecule has 0 aromatic heterocycles. The van der Waals surface area contributed by atoms with Gasteiger partial charge < -0.3 is 14.8 Å². The number of ether oxygens (including phenoxy) is 2. The Hall–Kier alpha value is -1.06. The molecule has 1 aromatic carbocycles. The Morgan fingerprint density at radius 3 is 2.37 bits per heavy atom. The lowest BCUT2D eigenvalue weighted by molar-refractivity contribution is 0.00744. The first kappa shape index (κ1) is 14.4. The van der Waals surface area contributed by atoms with Gasteiger partial charge in [-0.2, -0.15) is 0 Å². The van der Waals surface area contributed by atoms with Gasteiger partial charge in [0.15, 0.2) is 0 Å². The molecule has 1 atom stereocenters. The first-order chi connectivity index (χ1) is 9.04. The second-order valence-electron chi connectivity index (χ2n) is 5.90. The van der Waals surface area contributed by atoms with Gasteiger partial charge >= 0.3 is 0 Å². The number of hydrogen-bond acceptors (Lipinski definition) is 3. The Morgan fingerprint density at radius 2 is 1.89 bits per heavy atom. The molecule has 1 unspecified atom stereocenters. The Balaban J connectivity index is 2.01. The topological polar surface area (TPSA) is 30.5 Å². The highest BCUT2D eigenvalue weighted by Gasteiger charge is 2.24. The van der Waals surface area contributed by atoms with Gasteiger partial charge in [-0.25, -0.2) is 0 Å². The summed E-state index contributed by atoms with van der Waals surface area (Å²) in [6, 6.07) is 8.72. The Bertz CT molecular complexity index is 396. The van der Waals surface area contributed by atoms with Gasteiger partial charge in [0.25, 0.3) is 0 Å². The highest BCUT2D eigenvalue weighted by atomic mass is 16.5. The number of methoxy groups -OCH3 is 1. The summed E-state index contributed by atoms with van der Waals surface area (Å²) in [6.45, 7) is 4.23. The van der Waals surface area contributed by atoms with Gasteiger partial charge in [-0.15, -0.1) is 0 Å². The number of hydrogen-bond donors (Lipinski definition) is 1. The third-order valence-electron chi connectivity index (χ3n) is 3.71. The van der Waals surface area contributed by atoms with Crippen LogP contribution in [0.15, 0.2) is 24.3 Å². The van der Waals surface area contributed by atoms with E-state index in [-0.39, 0.29) is 5.60 Å². The molecule has 3 nitrogen and oxygen atoms in total. The van der Waals surface area contributed by atoms with Crippen LogP contribution in [0.5, 0.6) is 5.75 Å². The highest BCUT2D eigenvalue weighted by molar-refractivity contribution is 5.29. The largest absolute Gasteiger partial charge is 0.490 e. The van der Waals surface area contributed by atoms with Crippen molar-refractivity contribution in [3.63, 3.8) is 0 Å². The molecule has 1 N–H and O–H groups in total. The van der Waals surface area contributed by atoms with Gasteiger partial charge in [0.05, 0.1) is 11.7 Å². The van der Waals surface area contributed by atoms with E-state index in [2.05, 4.69) is 43.4 Å². The molecule has 0 spiro atoms. The summed E-state index contributed by atoms with van der Waals surface area (Å²) < 4.78 is 11.3. The molecular weight excluding hydrogens is 238 g/mol. The van der Waals surface area contributed by atoms with Crippen molar-refractivity contribution >= 4 is 0 Å². The van der Waals surface area contributed by atoms with Gasteiger partial charge in [0, 0.05) is 13.2 Å².